The number of hydrogen-bond acceptors (Lipinski definition) is 4. The van der Waals surface area contributed by atoms with Gasteiger partial charge in [0.1, 0.15) is 12.1 Å². The lowest BCUT2D eigenvalue weighted by atomic mass is 10.1. The zero-order chi connectivity index (χ0) is 19.4. The maximum Gasteiger partial charge on any atom is 0.191 e. The van der Waals surface area contributed by atoms with E-state index in [0.29, 0.717) is 13.2 Å². The molecule has 0 saturated heterocycles. The van der Waals surface area contributed by atoms with Crippen molar-refractivity contribution in [2.45, 2.75) is 19.9 Å². The summed E-state index contributed by atoms with van der Waals surface area (Å²) in [5.41, 5.74) is 2.11. The first-order valence-corrected chi connectivity index (χ1v) is 9.50. The summed E-state index contributed by atoms with van der Waals surface area (Å²) in [6.07, 6.45) is 2.40. The molecule has 0 atom stereocenters. The summed E-state index contributed by atoms with van der Waals surface area (Å²) < 4.78 is 5.71. The standard InChI is InChI=1S/C21H26N6O/c1-2-22-21(23-12-7-13-28-19-10-4-3-5-11-19)24-15-17-8-6-9-18(14-17)20-25-16-26-27-20/h3-6,8-11,14,16H,2,7,12-13,15H2,1H3,(H2,22,23,24)(H,25,26,27). The van der Waals surface area contributed by atoms with Gasteiger partial charge in [-0.15, -0.1) is 0 Å². The lowest BCUT2D eigenvalue weighted by molar-refractivity contribution is 0.311. The Kier molecular flexibility index (Phi) is 7.43. The van der Waals surface area contributed by atoms with Gasteiger partial charge in [0.2, 0.25) is 0 Å². The number of benzene rings is 2. The highest BCUT2D eigenvalue weighted by Gasteiger charge is 2.02. The number of aromatic amines is 1. The molecule has 28 heavy (non-hydrogen) atoms. The van der Waals surface area contributed by atoms with Crippen LogP contribution in [0.5, 0.6) is 5.75 Å². The van der Waals surface area contributed by atoms with E-state index in [9.17, 15) is 0 Å². The number of nitrogens with one attached hydrogen (secondary N) is 3. The summed E-state index contributed by atoms with van der Waals surface area (Å²) in [4.78, 5) is 8.86. The molecule has 7 heteroatoms. The molecule has 0 fully saturated rings. The molecule has 0 bridgehead atoms. The third-order valence-corrected chi connectivity index (χ3v) is 4.00. The van der Waals surface area contributed by atoms with Crippen molar-refractivity contribution in [3.63, 3.8) is 0 Å². The molecule has 1 heterocycles. The van der Waals surface area contributed by atoms with E-state index in [0.717, 1.165) is 48.2 Å². The van der Waals surface area contributed by atoms with Crippen molar-refractivity contribution in [1.82, 2.24) is 25.8 Å². The molecule has 7 nitrogen and oxygen atoms in total. The maximum absolute atomic E-state index is 5.71. The molecule has 0 saturated carbocycles. The molecule has 3 N–H and O–H groups in total. The second kappa shape index (κ2) is 10.7. The quantitative estimate of drug-likeness (QED) is 0.303. The van der Waals surface area contributed by atoms with E-state index < -0.39 is 0 Å². The van der Waals surface area contributed by atoms with Crippen molar-refractivity contribution in [1.29, 1.82) is 0 Å². The summed E-state index contributed by atoms with van der Waals surface area (Å²) in [5.74, 6) is 2.45. The van der Waals surface area contributed by atoms with E-state index in [2.05, 4.69) is 49.9 Å². The van der Waals surface area contributed by atoms with Crippen molar-refractivity contribution in [3.8, 4) is 17.1 Å². The van der Waals surface area contributed by atoms with Crippen LogP contribution >= 0.6 is 0 Å². The molecule has 2 aromatic carbocycles. The number of guanidine groups is 1. The Balaban J connectivity index is 1.48. The number of rotatable bonds is 9. The number of para-hydroxylation sites is 1. The fraction of sp³-hybridized carbons (Fsp3) is 0.286. The number of ether oxygens (including phenoxy) is 1. The van der Waals surface area contributed by atoms with Crippen molar-refractivity contribution < 1.29 is 4.74 Å². The van der Waals surface area contributed by atoms with Crippen LogP contribution in [0.25, 0.3) is 11.4 Å². The van der Waals surface area contributed by atoms with Gasteiger partial charge in [-0.1, -0.05) is 36.4 Å². The Morgan fingerprint density at radius 1 is 1.11 bits per heavy atom. The van der Waals surface area contributed by atoms with E-state index >= 15 is 0 Å². The minimum atomic E-state index is 0.581. The van der Waals surface area contributed by atoms with Gasteiger partial charge in [-0.3, -0.25) is 5.10 Å². The molecule has 0 aliphatic carbocycles. The van der Waals surface area contributed by atoms with E-state index in [4.69, 9.17) is 4.74 Å². The minimum absolute atomic E-state index is 0.581. The Bertz CT molecular complexity index is 848. The van der Waals surface area contributed by atoms with Crippen LogP contribution in [0, 0.1) is 0 Å². The highest BCUT2D eigenvalue weighted by atomic mass is 16.5. The van der Waals surface area contributed by atoms with Crippen molar-refractivity contribution in [2.24, 2.45) is 4.99 Å². The highest BCUT2D eigenvalue weighted by molar-refractivity contribution is 5.79. The highest BCUT2D eigenvalue weighted by Crippen LogP contribution is 2.15. The summed E-state index contributed by atoms with van der Waals surface area (Å²) in [6.45, 7) is 4.90. The van der Waals surface area contributed by atoms with Gasteiger partial charge in [-0.25, -0.2) is 9.98 Å². The minimum Gasteiger partial charge on any atom is -0.494 e. The van der Waals surface area contributed by atoms with Crippen molar-refractivity contribution in [3.05, 3.63) is 66.5 Å². The molecule has 0 spiro atoms. The molecular weight excluding hydrogens is 352 g/mol. The predicted molar refractivity (Wildman–Crippen MR) is 111 cm³/mol. The van der Waals surface area contributed by atoms with Crippen LogP contribution in [0.3, 0.4) is 0 Å². The zero-order valence-electron chi connectivity index (χ0n) is 16.1. The predicted octanol–water partition coefficient (Wildman–Crippen LogP) is 3.00. The number of aliphatic imine (C=N–C) groups is 1. The van der Waals surface area contributed by atoms with Crippen LogP contribution < -0.4 is 15.4 Å². The summed E-state index contributed by atoms with van der Waals surface area (Å²) >= 11 is 0. The first-order chi connectivity index (χ1) is 13.8. The summed E-state index contributed by atoms with van der Waals surface area (Å²) in [6, 6.07) is 18.0. The average Bonchev–Trinajstić information content (AvgIpc) is 3.28. The molecule has 3 aromatic rings. The number of nitrogens with zero attached hydrogens (tertiary/aromatic N) is 3. The number of H-pyrrole nitrogens is 1. The molecule has 0 radical (unpaired) electrons. The Morgan fingerprint density at radius 2 is 2.00 bits per heavy atom. The lowest BCUT2D eigenvalue weighted by Gasteiger charge is -2.12. The molecule has 0 amide bonds. The smallest absolute Gasteiger partial charge is 0.191 e. The number of hydrogen-bond donors (Lipinski definition) is 3. The fourth-order valence-corrected chi connectivity index (χ4v) is 2.66. The Morgan fingerprint density at radius 3 is 2.79 bits per heavy atom. The zero-order valence-corrected chi connectivity index (χ0v) is 16.1. The van der Waals surface area contributed by atoms with Gasteiger partial charge in [0.15, 0.2) is 11.8 Å². The molecule has 0 aliphatic heterocycles. The van der Waals surface area contributed by atoms with E-state index in [1.54, 1.807) is 0 Å². The molecular formula is C21H26N6O. The Labute approximate surface area is 165 Å². The van der Waals surface area contributed by atoms with Crippen LogP contribution in [-0.2, 0) is 6.54 Å². The van der Waals surface area contributed by atoms with Gasteiger partial charge in [-0.2, -0.15) is 5.10 Å². The molecule has 146 valence electrons. The van der Waals surface area contributed by atoms with Gasteiger partial charge < -0.3 is 15.4 Å². The van der Waals surface area contributed by atoms with Crippen LogP contribution in [0.1, 0.15) is 18.9 Å². The van der Waals surface area contributed by atoms with Gasteiger partial charge in [-0.05, 0) is 37.1 Å². The second-order valence-corrected chi connectivity index (χ2v) is 6.17. The van der Waals surface area contributed by atoms with Crippen molar-refractivity contribution >= 4 is 5.96 Å². The van der Waals surface area contributed by atoms with Gasteiger partial charge >= 0.3 is 0 Å². The monoisotopic (exact) mass is 378 g/mol. The average molecular weight is 378 g/mol. The summed E-state index contributed by atoms with van der Waals surface area (Å²) in [5, 5.41) is 13.4. The van der Waals surface area contributed by atoms with Crippen molar-refractivity contribution in [2.75, 3.05) is 19.7 Å². The number of aromatic nitrogens is 3. The fourth-order valence-electron chi connectivity index (χ4n) is 2.66. The Hall–Kier alpha value is -3.35. The largest absolute Gasteiger partial charge is 0.494 e. The summed E-state index contributed by atoms with van der Waals surface area (Å²) in [7, 11) is 0. The first kappa shape index (κ1) is 19.4. The van der Waals surface area contributed by atoms with Crippen LogP contribution in [0.4, 0.5) is 0 Å². The lowest BCUT2D eigenvalue weighted by Crippen LogP contribution is -2.38. The van der Waals surface area contributed by atoms with Crippen LogP contribution in [0.2, 0.25) is 0 Å². The van der Waals surface area contributed by atoms with Gasteiger partial charge in [0.25, 0.3) is 0 Å². The van der Waals surface area contributed by atoms with E-state index in [1.165, 1.54) is 6.33 Å². The van der Waals surface area contributed by atoms with Gasteiger partial charge in [0, 0.05) is 18.7 Å². The second-order valence-electron chi connectivity index (χ2n) is 6.17. The van der Waals surface area contributed by atoms with Gasteiger partial charge in [0.05, 0.1) is 13.2 Å². The molecule has 3 rings (SSSR count). The third-order valence-electron chi connectivity index (χ3n) is 4.00. The van der Waals surface area contributed by atoms with Crippen LogP contribution in [-0.4, -0.2) is 40.8 Å². The normalized spacial score (nSPS) is 11.2. The SMILES string of the molecule is CCNC(=NCc1cccc(-c2ncn[nH]2)c1)NCCCOc1ccccc1. The van der Waals surface area contributed by atoms with E-state index in [1.807, 2.05) is 42.5 Å². The van der Waals surface area contributed by atoms with E-state index in [-0.39, 0.29) is 0 Å². The maximum atomic E-state index is 5.71. The third kappa shape index (κ3) is 6.12. The first-order valence-electron chi connectivity index (χ1n) is 9.50. The topological polar surface area (TPSA) is 87.2 Å². The molecule has 0 aliphatic rings. The molecule has 0 unspecified atom stereocenters. The molecule has 1 aromatic heterocycles. The van der Waals surface area contributed by atoms with Crippen LogP contribution in [0.15, 0.2) is 65.9 Å².